The quantitative estimate of drug-likeness (QED) is 0.0161. The van der Waals surface area contributed by atoms with Gasteiger partial charge >= 0.3 is 28.4 Å². The maximum atomic E-state index is 14.3. The maximum Gasteiger partial charge on any atom is 0.472 e. The fraction of sp³-hybridized carbons (Fsp3) is 0.680. The molecular formula is C50H74N15O20P3S. The lowest BCUT2D eigenvalue weighted by Crippen LogP contribution is -2.51. The number of carbonyl (C=O) groups is 1. The van der Waals surface area contributed by atoms with E-state index in [1.54, 1.807) is 0 Å². The zero-order chi connectivity index (χ0) is 63.1. The average Bonchev–Trinajstić information content (AvgIpc) is 1.74. The normalized spacial score (nSPS) is 28.3. The first-order valence-electron chi connectivity index (χ1n) is 29.1. The molecule has 10 rings (SSSR count). The number of unbranched alkanes of at least 4 members (excludes halogenated alkanes) is 10. The second-order valence-corrected chi connectivity index (χ2v) is 28.6. The van der Waals surface area contributed by atoms with Crippen LogP contribution in [0.5, 0.6) is 0 Å². The van der Waals surface area contributed by atoms with E-state index in [1.165, 1.54) is 91.1 Å². The summed E-state index contributed by atoms with van der Waals surface area (Å²) in [5.41, 5.74) is 17.4. The summed E-state index contributed by atoms with van der Waals surface area (Å²) in [6, 6.07) is 0. The van der Waals surface area contributed by atoms with E-state index in [0.717, 1.165) is 31.9 Å². The number of nitrogens with zero attached hydrogens (tertiary/aromatic N) is 12. The highest BCUT2D eigenvalue weighted by atomic mass is 32.7. The third kappa shape index (κ3) is 15.6. The van der Waals surface area contributed by atoms with Crippen molar-refractivity contribution in [2.75, 3.05) is 63.1 Å². The van der Waals surface area contributed by atoms with Crippen LogP contribution in [0.1, 0.15) is 115 Å². The van der Waals surface area contributed by atoms with E-state index in [0.29, 0.717) is 24.2 Å². The summed E-state index contributed by atoms with van der Waals surface area (Å²) >= 11 is 0.517. The number of fused-ring (bicyclic) bond motifs is 4. The Hall–Kier alpha value is -5.04. The van der Waals surface area contributed by atoms with Gasteiger partial charge in [-0.2, -0.15) is 0 Å². The second-order valence-electron chi connectivity index (χ2n) is 21.8. The van der Waals surface area contributed by atoms with Crippen molar-refractivity contribution < 1.29 is 94.4 Å². The van der Waals surface area contributed by atoms with E-state index >= 15 is 0 Å². The summed E-state index contributed by atoms with van der Waals surface area (Å²) in [5.74, 6) is -0.498. The lowest BCUT2D eigenvalue weighted by Gasteiger charge is -2.38. The maximum absolute atomic E-state index is 14.3. The molecule has 35 nitrogen and oxygen atoms in total. The zero-order valence-corrected chi connectivity index (χ0v) is 52.2. The van der Waals surface area contributed by atoms with E-state index in [-0.39, 0.29) is 82.8 Å². The number of aliphatic hydroxyl groups excluding tert-OH is 2. The lowest BCUT2D eigenvalue weighted by atomic mass is 9.89. The van der Waals surface area contributed by atoms with Crippen molar-refractivity contribution >= 4 is 90.7 Å². The SMILES string of the molecule is CCCCCCCCCCCCCC(=O)OCCSP(=O)(O)OC[C@H]1O[C@@H](n2cnc3c(N)ncnc32)C(OP(=O)(O)OC[C@H]2O[C@@H](n3cnc4c(N)ncnc43)C(OP(=O)(O)OC[C@]34CCCOC3C(O)[C@H](n3cnc5c(N)ncnc53)O4)C2O)C1OC. The Bertz CT molecular complexity index is 3520. The number of nitrogens with two attached hydrogens (primary N) is 3. The number of anilines is 3. The summed E-state index contributed by atoms with van der Waals surface area (Å²) < 4.78 is 110. The Balaban J connectivity index is 0.785. The molecule has 4 saturated heterocycles. The Morgan fingerprint density at radius 1 is 0.652 bits per heavy atom. The summed E-state index contributed by atoms with van der Waals surface area (Å²) in [4.78, 5) is 83.7. The molecule has 15 atom stereocenters. The molecule has 9 unspecified atom stereocenters. The van der Waals surface area contributed by atoms with Crippen LogP contribution >= 0.6 is 33.8 Å². The molecule has 6 aromatic heterocycles. The van der Waals surface area contributed by atoms with E-state index < -0.39 is 121 Å². The van der Waals surface area contributed by atoms with Crippen molar-refractivity contribution in [3.63, 3.8) is 0 Å². The van der Waals surface area contributed by atoms with E-state index in [9.17, 15) is 43.4 Å². The molecule has 0 amide bonds. The van der Waals surface area contributed by atoms with Crippen LogP contribution in [0.2, 0.25) is 0 Å². The van der Waals surface area contributed by atoms with Gasteiger partial charge in [0.15, 0.2) is 53.1 Å². The van der Waals surface area contributed by atoms with Crippen LogP contribution in [-0.4, -0.2) is 190 Å². The number of ether oxygens (including phenoxy) is 6. The summed E-state index contributed by atoms with van der Waals surface area (Å²) in [6.07, 6.45) is 3.92. The summed E-state index contributed by atoms with van der Waals surface area (Å²) in [5, 5.41) is 23.6. The molecular weight excluding hydrogens is 1260 g/mol. The van der Waals surface area contributed by atoms with Gasteiger partial charge in [-0.05, 0) is 30.6 Å². The number of nitrogen functional groups attached to an aromatic ring is 3. The number of imidazole rings is 3. The van der Waals surface area contributed by atoms with Crippen LogP contribution in [0, 0.1) is 0 Å². The van der Waals surface area contributed by atoms with E-state index in [2.05, 4.69) is 51.8 Å². The van der Waals surface area contributed by atoms with Crippen LogP contribution in [0.4, 0.5) is 17.5 Å². The standard InChI is InChI=1S/C50H74N15O20P3S/c1-3-4-5-6-7-8-9-10-11-12-13-15-31(66)76-18-19-89-88(73,74)79-21-30-37(75-2)39(49(82-30)65-28-62-34-43(53)56-25-59-46(34)65)85-86(69,70)78-20-29-35(67)38(48(81-29)64-27-61-33-42(52)55-24-58-45(33)64)84-87(71,72)80-22-50-16-14-17-77-40(50)36(68)47(83-50)63-26-60-32-41(51)54-23-57-44(32)63/h23-30,35-40,47-49,67-68H,3-22H2,1-2H3,(H,69,70)(H,71,72)(H,73,74)(H2,51,54,57)(H2,52,55,58)(H2,53,56,59)/t29-,30-,35?,36?,37?,38?,39?,40?,47-,48-,49-,50-/m1/s1. The molecule has 0 saturated carbocycles. The minimum Gasteiger partial charge on any atom is -0.465 e. The van der Waals surface area contributed by atoms with Gasteiger partial charge in [0.25, 0.3) is 0 Å². The largest absolute Gasteiger partial charge is 0.472 e. The van der Waals surface area contributed by atoms with Crippen molar-refractivity contribution in [3.8, 4) is 0 Å². The molecule has 490 valence electrons. The van der Waals surface area contributed by atoms with Gasteiger partial charge < -0.3 is 70.5 Å². The molecule has 4 aliphatic rings. The molecule has 6 aromatic rings. The van der Waals surface area contributed by atoms with Gasteiger partial charge in [0, 0.05) is 25.9 Å². The third-order valence-corrected chi connectivity index (χ3v) is 20.7. The number of hydrogen-bond donors (Lipinski definition) is 8. The van der Waals surface area contributed by atoms with E-state index in [4.69, 9.17) is 68.2 Å². The van der Waals surface area contributed by atoms with Crippen molar-refractivity contribution in [2.45, 2.75) is 170 Å². The molecule has 0 aliphatic carbocycles. The fourth-order valence-corrected chi connectivity index (χ4v) is 15.4. The molecule has 4 aliphatic heterocycles. The minimum absolute atomic E-state index is 0.0200. The average molecular weight is 1330 g/mol. The minimum atomic E-state index is -5.40. The van der Waals surface area contributed by atoms with Crippen LogP contribution in [0.25, 0.3) is 33.5 Å². The molecule has 10 heterocycles. The molecule has 0 aromatic carbocycles. The van der Waals surface area contributed by atoms with E-state index in [1.807, 2.05) is 0 Å². The number of methoxy groups -OCH3 is 1. The topological polar surface area (TPSA) is 480 Å². The predicted molar refractivity (Wildman–Crippen MR) is 313 cm³/mol. The van der Waals surface area contributed by atoms with Gasteiger partial charge in [0.1, 0.15) is 96.6 Å². The Morgan fingerprint density at radius 3 is 1.73 bits per heavy atom. The highest BCUT2D eigenvalue weighted by molar-refractivity contribution is 8.54. The fourth-order valence-electron chi connectivity index (χ4n) is 11.4. The molecule has 89 heavy (non-hydrogen) atoms. The number of aromatic nitrogens is 12. The van der Waals surface area contributed by atoms with Crippen LogP contribution in [0.3, 0.4) is 0 Å². The van der Waals surface area contributed by atoms with Gasteiger partial charge in [-0.3, -0.25) is 41.1 Å². The second kappa shape index (κ2) is 29.3. The highest BCUT2D eigenvalue weighted by Gasteiger charge is 2.60. The number of esters is 1. The first-order chi connectivity index (χ1) is 42.7. The zero-order valence-electron chi connectivity index (χ0n) is 48.7. The number of phosphoric acid groups is 2. The van der Waals surface area contributed by atoms with Gasteiger partial charge in [-0.25, -0.2) is 58.6 Å². The molecule has 0 radical (unpaired) electrons. The van der Waals surface area contributed by atoms with Crippen molar-refractivity contribution in [3.05, 3.63) is 38.0 Å². The molecule has 11 N–H and O–H groups in total. The monoisotopic (exact) mass is 1330 g/mol. The summed E-state index contributed by atoms with van der Waals surface area (Å²) in [6.45, 7) is -4.52. The Labute approximate surface area is 512 Å². The number of hydrogen-bond acceptors (Lipinski definition) is 30. The molecule has 39 heteroatoms. The highest BCUT2D eigenvalue weighted by Crippen LogP contribution is 2.58. The molecule has 4 fully saturated rings. The van der Waals surface area contributed by atoms with Crippen molar-refractivity contribution in [2.24, 2.45) is 0 Å². The number of rotatable bonds is 33. The van der Waals surface area contributed by atoms with Gasteiger partial charge in [-0.1, -0.05) is 71.1 Å². The Kier molecular flexibility index (Phi) is 22.0. The molecule has 0 spiro atoms. The number of phosphoric ester groups is 2. The van der Waals surface area contributed by atoms with Crippen molar-refractivity contribution in [1.29, 1.82) is 0 Å². The van der Waals surface area contributed by atoms with Crippen LogP contribution < -0.4 is 17.2 Å². The Morgan fingerprint density at radius 2 is 1.16 bits per heavy atom. The van der Waals surface area contributed by atoms with Crippen LogP contribution in [0.15, 0.2) is 38.0 Å². The third-order valence-electron chi connectivity index (χ3n) is 15.7. The first kappa shape index (κ1) is 66.9. The molecule has 0 bridgehead atoms. The number of aliphatic hydroxyl groups is 2. The first-order valence-corrected chi connectivity index (χ1v) is 35.3. The van der Waals surface area contributed by atoms with Gasteiger partial charge in [0.05, 0.1) is 38.8 Å². The smallest absolute Gasteiger partial charge is 0.465 e. The summed E-state index contributed by atoms with van der Waals surface area (Å²) in [7, 11) is -9.53. The predicted octanol–water partition coefficient (Wildman–Crippen LogP) is 4.33. The van der Waals surface area contributed by atoms with Gasteiger partial charge in [0.2, 0.25) is 0 Å². The van der Waals surface area contributed by atoms with Gasteiger partial charge in [-0.15, -0.1) is 0 Å². The van der Waals surface area contributed by atoms with Crippen molar-refractivity contribution in [1.82, 2.24) is 58.6 Å². The lowest BCUT2D eigenvalue weighted by molar-refractivity contribution is -0.165. The van der Waals surface area contributed by atoms with Crippen LogP contribution in [-0.2, 0) is 69.5 Å². The number of carbonyl (C=O) groups excluding carboxylic acids is 1.